The Labute approximate surface area is 152 Å². The standard InChI is InChI=1S/C18H24ClNOS2/c1-13-9-15(19)4-5-17(13)18(21)14-3-2-6-20(10-14)16-11-22-7-8-23-12-16/h4-5,9,14,16H,2-3,6-8,10-12H2,1H3/t14-/m1/s1. The average Bonchev–Trinajstić information content (AvgIpc) is 2.84. The van der Waals surface area contributed by atoms with Crippen LogP contribution >= 0.6 is 35.1 Å². The minimum atomic E-state index is 0.141. The van der Waals surface area contributed by atoms with Crippen LogP contribution in [0.25, 0.3) is 0 Å². The normalized spacial score (nSPS) is 24.3. The van der Waals surface area contributed by atoms with E-state index in [9.17, 15) is 4.79 Å². The highest BCUT2D eigenvalue weighted by Crippen LogP contribution is 2.28. The molecule has 1 aromatic rings. The summed E-state index contributed by atoms with van der Waals surface area (Å²) in [4.78, 5) is 15.5. The third kappa shape index (κ3) is 4.47. The van der Waals surface area contributed by atoms with Crippen molar-refractivity contribution in [1.29, 1.82) is 0 Å². The van der Waals surface area contributed by atoms with E-state index >= 15 is 0 Å². The van der Waals surface area contributed by atoms with Crippen LogP contribution in [0.2, 0.25) is 5.02 Å². The second kappa shape index (κ2) is 8.28. The van der Waals surface area contributed by atoms with E-state index in [1.807, 2.05) is 25.1 Å². The van der Waals surface area contributed by atoms with Crippen molar-refractivity contribution in [1.82, 2.24) is 4.90 Å². The van der Waals surface area contributed by atoms with Gasteiger partial charge in [-0.05, 0) is 50.1 Å². The minimum absolute atomic E-state index is 0.141. The Hall–Kier alpha value is -0.160. The van der Waals surface area contributed by atoms with Crippen LogP contribution in [0.3, 0.4) is 0 Å². The van der Waals surface area contributed by atoms with Gasteiger partial charge in [0.25, 0.3) is 0 Å². The van der Waals surface area contributed by atoms with E-state index in [1.165, 1.54) is 23.0 Å². The quantitative estimate of drug-likeness (QED) is 0.736. The third-order valence-electron chi connectivity index (χ3n) is 4.79. The lowest BCUT2D eigenvalue weighted by Crippen LogP contribution is -2.46. The number of nitrogens with zero attached hydrogens (tertiary/aromatic N) is 1. The van der Waals surface area contributed by atoms with E-state index in [-0.39, 0.29) is 5.92 Å². The highest BCUT2D eigenvalue weighted by molar-refractivity contribution is 8.03. The maximum Gasteiger partial charge on any atom is 0.167 e. The van der Waals surface area contributed by atoms with Crippen molar-refractivity contribution < 1.29 is 4.79 Å². The van der Waals surface area contributed by atoms with Gasteiger partial charge in [-0.3, -0.25) is 9.69 Å². The van der Waals surface area contributed by atoms with E-state index in [0.717, 1.165) is 37.1 Å². The molecule has 2 fully saturated rings. The van der Waals surface area contributed by atoms with Crippen LogP contribution in [-0.4, -0.2) is 52.8 Å². The number of hydrogen-bond donors (Lipinski definition) is 0. The smallest absolute Gasteiger partial charge is 0.167 e. The largest absolute Gasteiger partial charge is 0.298 e. The zero-order valence-corrected chi connectivity index (χ0v) is 16.0. The van der Waals surface area contributed by atoms with E-state index < -0.39 is 0 Å². The second-order valence-electron chi connectivity index (χ2n) is 6.46. The maximum absolute atomic E-state index is 12.9. The number of piperidine rings is 1. The zero-order chi connectivity index (χ0) is 16.2. The van der Waals surface area contributed by atoms with Gasteiger partial charge in [-0.25, -0.2) is 0 Å². The lowest BCUT2D eigenvalue weighted by molar-refractivity contribution is 0.0786. The SMILES string of the molecule is Cc1cc(Cl)ccc1C(=O)[C@@H]1CCCN(C2CSCCSC2)C1. The lowest BCUT2D eigenvalue weighted by atomic mass is 9.88. The number of benzene rings is 1. The highest BCUT2D eigenvalue weighted by atomic mass is 35.5. The first kappa shape index (κ1) is 17.7. The number of ketones is 1. The zero-order valence-electron chi connectivity index (χ0n) is 13.6. The van der Waals surface area contributed by atoms with Crippen molar-refractivity contribution in [3.63, 3.8) is 0 Å². The molecule has 0 N–H and O–H groups in total. The fourth-order valence-electron chi connectivity index (χ4n) is 3.49. The minimum Gasteiger partial charge on any atom is -0.298 e. The molecule has 1 atom stereocenters. The van der Waals surface area contributed by atoms with E-state index in [0.29, 0.717) is 16.8 Å². The predicted molar refractivity (Wildman–Crippen MR) is 103 cm³/mol. The van der Waals surface area contributed by atoms with Crippen LogP contribution in [0.1, 0.15) is 28.8 Å². The summed E-state index contributed by atoms with van der Waals surface area (Å²) in [6.45, 7) is 4.06. The molecular formula is C18H24ClNOS2. The average molecular weight is 370 g/mol. The first-order valence-corrected chi connectivity index (χ1v) is 11.0. The summed E-state index contributed by atoms with van der Waals surface area (Å²) < 4.78 is 0. The Morgan fingerprint density at radius 1 is 1.26 bits per heavy atom. The molecule has 0 aromatic heterocycles. The molecular weight excluding hydrogens is 346 g/mol. The van der Waals surface area contributed by atoms with Crippen molar-refractivity contribution >= 4 is 40.9 Å². The molecule has 0 radical (unpaired) electrons. The summed E-state index contributed by atoms with van der Waals surface area (Å²) in [6.07, 6.45) is 2.15. The molecule has 2 nitrogen and oxygen atoms in total. The van der Waals surface area contributed by atoms with Crippen molar-refractivity contribution in [3.8, 4) is 0 Å². The molecule has 0 saturated carbocycles. The van der Waals surface area contributed by atoms with Crippen molar-refractivity contribution in [2.45, 2.75) is 25.8 Å². The molecule has 126 valence electrons. The number of halogens is 1. The number of carbonyl (C=O) groups excluding carboxylic acids is 1. The summed E-state index contributed by atoms with van der Waals surface area (Å²) in [7, 11) is 0. The predicted octanol–water partition coefficient (Wildman–Crippen LogP) is 4.39. The van der Waals surface area contributed by atoms with Crippen LogP contribution in [0.5, 0.6) is 0 Å². The molecule has 2 saturated heterocycles. The first-order valence-electron chi connectivity index (χ1n) is 8.35. The van der Waals surface area contributed by atoms with Crippen molar-refractivity contribution in [2.24, 2.45) is 5.92 Å². The van der Waals surface area contributed by atoms with Crippen LogP contribution in [-0.2, 0) is 0 Å². The summed E-state index contributed by atoms with van der Waals surface area (Å²) in [5.41, 5.74) is 1.85. The molecule has 1 aromatic carbocycles. The Bertz CT molecular complexity index is 558. The van der Waals surface area contributed by atoms with Gasteiger partial charge in [-0.1, -0.05) is 11.6 Å². The van der Waals surface area contributed by atoms with E-state index in [2.05, 4.69) is 28.4 Å². The fourth-order valence-corrected chi connectivity index (χ4v) is 6.34. The molecule has 0 aliphatic carbocycles. The molecule has 0 unspecified atom stereocenters. The van der Waals surface area contributed by atoms with Crippen LogP contribution in [0.15, 0.2) is 18.2 Å². The molecule has 23 heavy (non-hydrogen) atoms. The van der Waals surface area contributed by atoms with Crippen LogP contribution in [0.4, 0.5) is 0 Å². The Kier molecular flexibility index (Phi) is 6.36. The summed E-state index contributed by atoms with van der Waals surface area (Å²) in [6, 6.07) is 6.26. The summed E-state index contributed by atoms with van der Waals surface area (Å²) in [5.74, 6) is 5.41. The molecule has 5 heteroatoms. The van der Waals surface area contributed by atoms with E-state index in [1.54, 1.807) is 0 Å². The van der Waals surface area contributed by atoms with Gasteiger partial charge >= 0.3 is 0 Å². The van der Waals surface area contributed by atoms with Gasteiger partial charge in [-0.2, -0.15) is 23.5 Å². The fraction of sp³-hybridized carbons (Fsp3) is 0.611. The van der Waals surface area contributed by atoms with Gasteiger partial charge in [0.1, 0.15) is 0 Å². The molecule has 0 amide bonds. The number of rotatable bonds is 3. The molecule has 3 rings (SSSR count). The summed E-state index contributed by atoms with van der Waals surface area (Å²) in [5, 5.41) is 0.705. The van der Waals surface area contributed by atoms with Gasteiger partial charge in [0.15, 0.2) is 5.78 Å². The third-order valence-corrected chi connectivity index (χ3v) is 7.51. The number of carbonyl (C=O) groups is 1. The first-order chi connectivity index (χ1) is 11.1. The number of thioether (sulfide) groups is 2. The Balaban J connectivity index is 1.68. The van der Waals surface area contributed by atoms with Gasteiger partial charge in [0.2, 0.25) is 0 Å². The van der Waals surface area contributed by atoms with Crippen molar-refractivity contribution in [2.75, 3.05) is 36.1 Å². The van der Waals surface area contributed by atoms with E-state index in [4.69, 9.17) is 11.6 Å². The number of likely N-dealkylation sites (tertiary alicyclic amines) is 1. The Morgan fingerprint density at radius 3 is 2.70 bits per heavy atom. The van der Waals surface area contributed by atoms with Crippen LogP contribution < -0.4 is 0 Å². The number of hydrogen-bond acceptors (Lipinski definition) is 4. The van der Waals surface area contributed by atoms with Gasteiger partial charge in [-0.15, -0.1) is 0 Å². The van der Waals surface area contributed by atoms with Crippen molar-refractivity contribution in [3.05, 3.63) is 34.3 Å². The van der Waals surface area contributed by atoms with Gasteiger partial charge in [0, 0.05) is 52.1 Å². The molecule has 2 heterocycles. The second-order valence-corrected chi connectivity index (χ2v) is 9.20. The molecule has 2 aliphatic heterocycles. The molecule has 0 bridgehead atoms. The number of Topliss-reactive ketones (excluding diaryl/α,β-unsaturated/α-hetero) is 1. The summed E-state index contributed by atoms with van der Waals surface area (Å²) >= 11 is 10.2. The maximum atomic E-state index is 12.9. The molecule has 0 spiro atoms. The van der Waals surface area contributed by atoms with Gasteiger partial charge < -0.3 is 0 Å². The van der Waals surface area contributed by atoms with Crippen LogP contribution in [0, 0.1) is 12.8 Å². The molecule has 2 aliphatic rings. The Morgan fingerprint density at radius 2 is 2.00 bits per heavy atom. The highest BCUT2D eigenvalue weighted by Gasteiger charge is 2.31. The number of aryl methyl sites for hydroxylation is 1. The topological polar surface area (TPSA) is 20.3 Å². The lowest BCUT2D eigenvalue weighted by Gasteiger charge is -2.37. The van der Waals surface area contributed by atoms with Gasteiger partial charge in [0.05, 0.1) is 0 Å². The monoisotopic (exact) mass is 369 g/mol.